The third-order valence-electron chi connectivity index (χ3n) is 9.89. The zero-order valence-electron chi connectivity index (χ0n) is 28.2. The summed E-state index contributed by atoms with van der Waals surface area (Å²) in [7, 11) is 0. The number of ketones is 1. The lowest BCUT2D eigenvalue weighted by Crippen LogP contribution is -2.50. The minimum Gasteiger partial charge on any atom is -0.369 e. The molecule has 2 aliphatic heterocycles. The van der Waals surface area contributed by atoms with Gasteiger partial charge in [0, 0.05) is 86.9 Å². The molecule has 0 spiro atoms. The van der Waals surface area contributed by atoms with Crippen LogP contribution in [0, 0.1) is 0 Å². The highest BCUT2D eigenvalue weighted by molar-refractivity contribution is 6.31. The lowest BCUT2D eigenvalue weighted by atomic mass is 9.82. The van der Waals surface area contributed by atoms with Crippen molar-refractivity contribution in [2.45, 2.75) is 24.2 Å². The Balaban J connectivity index is 1.19. The number of carbonyl (C=O) groups excluding carboxylic acids is 1. The smallest absolute Gasteiger partial charge is 0.369 e. The summed E-state index contributed by atoms with van der Waals surface area (Å²) in [5.41, 5.74) is 1.15. The molecule has 2 unspecified atom stereocenters. The van der Waals surface area contributed by atoms with Crippen molar-refractivity contribution in [1.82, 2.24) is 9.80 Å². The highest BCUT2D eigenvalue weighted by Gasteiger charge is 2.36. The Bertz CT molecular complexity index is 1710. The van der Waals surface area contributed by atoms with Gasteiger partial charge in [-0.25, -0.2) is 0 Å². The predicted octanol–water partition coefficient (Wildman–Crippen LogP) is 9.11. The molecule has 2 atom stereocenters. The first-order valence-corrected chi connectivity index (χ1v) is 17.8. The van der Waals surface area contributed by atoms with Crippen LogP contribution in [-0.2, 0) is 17.1 Å². The molecule has 0 aromatic heterocycles. The normalized spacial score (nSPS) is 17.6. The topological polar surface area (TPSA) is 30.0 Å². The first-order valence-electron chi connectivity index (χ1n) is 17.1. The molecule has 2 aliphatic rings. The molecule has 0 bridgehead atoms. The molecule has 0 saturated carbocycles. The fourth-order valence-electron chi connectivity index (χ4n) is 7.06. The van der Waals surface area contributed by atoms with Crippen molar-refractivity contribution in [2.75, 3.05) is 75.2 Å². The van der Waals surface area contributed by atoms with Crippen molar-refractivity contribution in [3.8, 4) is 0 Å². The van der Waals surface area contributed by atoms with Crippen molar-refractivity contribution in [3.05, 3.63) is 129 Å². The third kappa shape index (κ3) is 9.41. The van der Waals surface area contributed by atoms with Crippen LogP contribution in [0.25, 0.3) is 0 Å². The van der Waals surface area contributed by atoms with Crippen molar-refractivity contribution in [2.24, 2.45) is 0 Å². The van der Waals surface area contributed by atoms with Gasteiger partial charge in [-0.3, -0.25) is 14.6 Å². The molecule has 0 amide bonds. The number of alkyl halides is 6. The number of hydrogen-bond donors (Lipinski definition) is 0. The van der Waals surface area contributed by atoms with Gasteiger partial charge in [0.15, 0.2) is 0 Å². The molecule has 2 fully saturated rings. The number of anilines is 2. The number of rotatable bonds is 10. The van der Waals surface area contributed by atoms with Gasteiger partial charge in [0.05, 0.1) is 23.0 Å². The van der Waals surface area contributed by atoms with E-state index >= 15 is 0 Å². The summed E-state index contributed by atoms with van der Waals surface area (Å²) in [5.74, 6) is -1.17. The van der Waals surface area contributed by atoms with Gasteiger partial charge in [-0.2, -0.15) is 26.3 Å². The van der Waals surface area contributed by atoms with E-state index in [0.717, 1.165) is 23.3 Å². The summed E-state index contributed by atoms with van der Waals surface area (Å²) in [6.45, 7) is 4.90. The summed E-state index contributed by atoms with van der Waals surface area (Å²) >= 11 is 12.9. The fourth-order valence-corrected chi connectivity index (χ4v) is 7.46. The van der Waals surface area contributed by atoms with Crippen molar-refractivity contribution < 1.29 is 31.1 Å². The minimum atomic E-state index is -4.43. The molecule has 0 radical (unpaired) electrons. The maximum Gasteiger partial charge on any atom is 0.416 e. The molecule has 2 saturated heterocycles. The van der Waals surface area contributed by atoms with Crippen molar-refractivity contribution >= 4 is 40.4 Å². The van der Waals surface area contributed by atoms with Gasteiger partial charge in [-0.1, -0.05) is 59.6 Å². The van der Waals surface area contributed by atoms with Crippen LogP contribution in [0.1, 0.15) is 34.1 Å². The van der Waals surface area contributed by atoms with E-state index in [1.54, 1.807) is 36.4 Å². The average molecular weight is 764 g/mol. The number of benzene rings is 4. The van der Waals surface area contributed by atoms with Gasteiger partial charge < -0.3 is 9.80 Å². The van der Waals surface area contributed by atoms with Gasteiger partial charge in [-0.15, -0.1) is 0 Å². The molecule has 276 valence electrons. The van der Waals surface area contributed by atoms with Crippen LogP contribution in [0.3, 0.4) is 0 Å². The van der Waals surface area contributed by atoms with Crippen LogP contribution in [0.2, 0.25) is 10.0 Å². The number of halogens is 8. The molecule has 4 aromatic carbocycles. The second-order valence-corrected chi connectivity index (χ2v) is 14.2. The Hall–Kier alpha value is -3.77. The SMILES string of the molecule is O=C(C(CN1CCN(c2cccc(C(F)(F)F)c2)CC1)c1cccc(Cl)c1)C(CN1CCN(c2cccc(C(F)(F)F)c2)CC1)c1cccc(Cl)c1. The fraction of sp³-hybridized carbons (Fsp3) is 0.359. The summed E-state index contributed by atoms with van der Waals surface area (Å²) < 4.78 is 80.3. The van der Waals surface area contributed by atoms with E-state index in [1.165, 1.54) is 24.3 Å². The van der Waals surface area contributed by atoms with Crippen LogP contribution in [-0.4, -0.2) is 81.0 Å². The molecule has 6 rings (SSSR count). The Morgan fingerprint density at radius 3 is 1.25 bits per heavy atom. The molecular weight excluding hydrogens is 725 g/mol. The van der Waals surface area contributed by atoms with E-state index in [-0.39, 0.29) is 5.78 Å². The first-order chi connectivity index (χ1) is 24.7. The van der Waals surface area contributed by atoms with Crippen LogP contribution < -0.4 is 9.80 Å². The van der Waals surface area contributed by atoms with Crippen LogP contribution >= 0.6 is 23.2 Å². The van der Waals surface area contributed by atoms with Gasteiger partial charge in [0.2, 0.25) is 0 Å². The summed E-state index contributed by atoms with van der Waals surface area (Å²) in [4.78, 5) is 23.1. The Morgan fingerprint density at radius 2 is 0.904 bits per heavy atom. The Kier molecular flexibility index (Phi) is 11.7. The van der Waals surface area contributed by atoms with Gasteiger partial charge in [0.1, 0.15) is 5.78 Å². The van der Waals surface area contributed by atoms with Gasteiger partial charge >= 0.3 is 12.4 Å². The molecule has 0 N–H and O–H groups in total. The number of piperazine rings is 2. The Morgan fingerprint density at radius 1 is 0.538 bits per heavy atom. The number of hydrogen-bond acceptors (Lipinski definition) is 5. The van der Waals surface area contributed by atoms with Crippen LogP contribution in [0.15, 0.2) is 97.1 Å². The van der Waals surface area contributed by atoms with E-state index < -0.39 is 35.3 Å². The number of nitrogens with zero attached hydrogens (tertiary/aromatic N) is 4. The maximum absolute atomic E-state index is 14.9. The number of carbonyl (C=O) groups is 1. The second-order valence-electron chi connectivity index (χ2n) is 13.3. The molecule has 5 nitrogen and oxygen atoms in total. The van der Waals surface area contributed by atoms with Crippen molar-refractivity contribution in [1.29, 1.82) is 0 Å². The monoisotopic (exact) mass is 762 g/mol. The van der Waals surface area contributed by atoms with E-state index in [1.807, 2.05) is 34.1 Å². The largest absolute Gasteiger partial charge is 0.416 e. The van der Waals surface area contributed by atoms with E-state index in [9.17, 15) is 31.1 Å². The number of Topliss-reactive ketones (excluding diaryl/α,β-unsaturated/α-hetero) is 1. The van der Waals surface area contributed by atoms with Crippen LogP contribution in [0.5, 0.6) is 0 Å². The highest BCUT2D eigenvalue weighted by Crippen LogP contribution is 2.35. The summed E-state index contributed by atoms with van der Waals surface area (Å²) in [6.07, 6.45) is -8.87. The maximum atomic E-state index is 14.9. The van der Waals surface area contributed by atoms with E-state index in [2.05, 4.69) is 9.80 Å². The second kappa shape index (κ2) is 16.1. The lowest BCUT2D eigenvalue weighted by Gasteiger charge is -2.39. The molecule has 4 aromatic rings. The highest BCUT2D eigenvalue weighted by atomic mass is 35.5. The quantitative estimate of drug-likeness (QED) is 0.151. The first kappa shape index (κ1) is 38.0. The third-order valence-corrected chi connectivity index (χ3v) is 10.4. The van der Waals surface area contributed by atoms with Gasteiger partial charge in [-0.05, 0) is 71.8 Å². The lowest BCUT2D eigenvalue weighted by molar-refractivity contribution is -0.138. The summed E-state index contributed by atoms with van der Waals surface area (Å²) in [5, 5.41) is 0.990. The molecule has 2 heterocycles. The van der Waals surface area contributed by atoms with Crippen molar-refractivity contribution in [3.63, 3.8) is 0 Å². The minimum absolute atomic E-state index is 0.0230. The zero-order chi connectivity index (χ0) is 37.0. The molecule has 52 heavy (non-hydrogen) atoms. The van der Waals surface area contributed by atoms with Gasteiger partial charge in [0.25, 0.3) is 0 Å². The van der Waals surface area contributed by atoms with Crippen LogP contribution in [0.4, 0.5) is 37.7 Å². The molecule has 0 aliphatic carbocycles. The Labute approximate surface area is 309 Å². The average Bonchev–Trinajstić information content (AvgIpc) is 3.12. The standard InChI is InChI=1S/C39H38Cl2F6N4O/c40-31-9-1-5-27(21-31)35(25-48-13-17-50(18-14-48)33-11-3-7-29(23-33)38(42,43)44)37(52)36(28-6-2-10-32(41)22-28)26-49-15-19-51(20-16-49)34-12-4-8-30(24-34)39(45,46)47/h1-12,21-24,35-36H,13-20,25-26H2. The predicted molar refractivity (Wildman–Crippen MR) is 194 cm³/mol. The molecular formula is C39H38Cl2F6N4O. The van der Waals surface area contributed by atoms with E-state index in [0.29, 0.717) is 86.9 Å². The summed E-state index contributed by atoms with van der Waals surface area (Å²) in [6, 6.07) is 25.1. The molecule has 13 heteroatoms. The van der Waals surface area contributed by atoms with E-state index in [4.69, 9.17) is 23.2 Å². The zero-order valence-corrected chi connectivity index (χ0v) is 29.7.